The van der Waals surface area contributed by atoms with E-state index in [0.717, 1.165) is 6.42 Å². The van der Waals surface area contributed by atoms with Gasteiger partial charge in [-0.3, -0.25) is 4.79 Å². The lowest BCUT2D eigenvalue weighted by Crippen LogP contribution is -2.38. The summed E-state index contributed by atoms with van der Waals surface area (Å²) < 4.78 is 37.5. The van der Waals surface area contributed by atoms with Gasteiger partial charge in [0.05, 0.1) is 5.75 Å². The minimum atomic E-state index is -3.48. The molecule has 0 aliphatic carbocycles. The molecule has 2 aromatic rings. The average Bonchev–Trinajstić information content (AvgIpc) is 3.14. The molecule has 0 radical (unpaired) electrons. The Labute approximate surface area is 165 Å². The molecule has 28 heavy (non-hydrogen) atoms. The van der Waals surface area contributed by atoms with E-state index in [-0.39, 0.29) is 31.0 Å². The molecule has 0 saturated carbocycles. The second-order valence-electron chi connectivity index (χ2n) is 6.69. The average molecular weight is 404 g/mol. The monoisotopic (exact) mass is 404 g/mol. The number of fused-ring (bicyclic) bond motifs is 1. The number of amides is 1. The van der Waals surface area contributed by atoms with E-state index in [9.17, 15) is 13.2 Å². The van der Waals surface area contributed by atoms with E-state index >= 15 is 0 Å². The summed E-state index contributed by atoms with van der Waals surface area (Å²) in [5.74, 6) is 0.562. The molecule has 2 aromatic carbocycles. The van der Waals surface area contributed by atoms with Crippen LogP contribution in [0.25, 0.3) is 0 Å². The summed E-state index contributed by atoms with van der Waals surface area (Å²) in [5.41, 5.74) is 1.57. The van der Waals surface area contributed by atoms with Crippen LogP contribution in [0.4, 0.5) is 0 Å². The Hall–Kier alpha value is -2.58. The third-order valence-electron chi connectivity index (χ3n) is 4.38. The molecule has 0 bridgehead atoms. The van der Waals surface area contributed by atoms with Crippen LogP contribution in [0.5, 0.6) is 11.5 Å². The van der Waals surface area contributed by atoms with Gasteiger partial charge in [0.25, 0.3) is 5.91 Å². The molecule has 0 spiro atoms. The molecule has 2 N–H and O–H groups in total. The van der Waals surface area contributed by atoms with Crippen molar-refractivity contribution in [2.45, 2.75) is 25.8 Å². The molecule has 1 amide bonds. The molecule has 0 fully saturated rings. The first-order valence-corrected chi connectivity index (χ1v) is 10.8. The molecule has 0 unspecified atom stereocenters. The van der Waals surface area contributed by atoms with Crippen molar-refractivity contribution >= 4 is 15.9 Å². The summed E-state index contributed by atoms with van der Waals surface area (Å²) in [6, 6.07) is 14.6. The molecule has 1 heterocycles. The fraction of sp³-hybridized carbons (Fsp3) is 0.350. The zero-order valence-electron chi connectivity index (χ0n) is 15.7. The highest BCUT2D eigenvalue weighted by Crippen LogP contribution is 2.32. The largest absolute Gasteiger partial charge is 0.454 e. The summed E-state index contributed by atoms with van der Waals surface area (Å²) in [6.45, 7) is 1.99. The molecule has 8 heteroatoms. The molecule has 3 rings (SSSR count). The normalized spacial score (nSPS) is 13.9. The summed E-state index contributed by atoms with van der Waals surface area (Å²) in [5, 5.41) is 2.62. The smallest absolute Gasteiger partial charge is 0.251 e. The van der Waals surface area contributed by atoms with Crippen LogP contribution in [0.15, 0.2) is 48.5 Å². The van der Waals surface area contributed by atoms with Crippen LogP contribution in [0.3, 0.4) is 0 Å². The molecule has 0 saturated heterocycles. The SMILES string of the molecule is C[C@H](CCc1ccccc1)NS(=O)(=O)CCNC(=O)c1ccc2c(c1)OCO2. The molecule has 1 aliphatic rings. The number of sulfonamides is 1. The number of ether oxygens (including phenoxy) is 2. The Morgan fingerprint density at radius 2 is 1.86 bits per heavy atom. The van der Waals surface area contributed by atoms with Gasteiger partial charge in [0.1, 0.15) is 0 Å². The Morgan fingerprint density at radius 3 is 2.64 bits per heavy atom. The van der Waals surface area contributed by atoms with Crippen molar-refractivity contribution < 1.29 is 22.7 Å². The lowest BCUT2D eigenvalue weighted by atomic mass is 10.1. The highest BCUT2D eigenvalue weighted by atomic mass is 32.2. The first-order chi connectivity index (χ1) is 13.4. The fourth-order valence-electron chi connectivity index (χ4n) is 2.89. The van der Waals surface area contributed by atoms with Gasteiger partial charge in [-0.15, -0.1) is 0 Å². The summed E-state index contributed by atoms with van der Waals surface area (Å²) in [4.78, 5) is 12.2. The third-order valence-corrected chi connectivity index (χ3v) is 5.88. The quantitative estimate of drug-likeness (QED) is 0.667. The zero-order valence-corrected chi connectivity index (χ0v) is 16.5. The predicted molar refractivity (Wildman–Crippen MR) is 106 cm³/mol. The van der Waals surface area contributed by atoms with Crippen molar-refractivity contribution in [1.29, 1.82) is 0 Å². The number of aryl methyl sites for hydroxylation is 1. The van der Waals surface area contributed by atoms with Gasteiger partial charge in [0, 0.05) is 18.2 Å². The minimum absolute atomic E-state index is 0.0218. The van der Waals surface area contributed by atoms with Crippen LogP contribution in [-0.2, 0) is 16.4 Å². The Bertz CT molecular complexity index is 915. The molecule has 1 atom stereocenters. The zero-order chi connectivity index (χ0) is 20.0. The van der Waals surface area contributed by atoms with Gasteiger partial charge in [0.15, 0.2) is 11.5 Å². The number of carbonyl (C=O) groups excluding carboxylic acids is 1. The molecule has 7 nitrogen and oxygen atoms in total. The number of nitrogens with one attached hydrogen (secondary N) is 2. The van der Waals surface area contributed by atoms with Crippen LogP contribution in [0.2, 0.25) is 0 Å². The second-order valence-corrected chi connectivity index (χ2v) is 8.56. The Morgan fingerprint density at radius 1 is 1.11 bits per heavy atom. The summed E-state index contributed by atoms with van der Waals surface area (Å²) in [6.07, 6.45) is 1.50. The van der Waals surface area contributed by atoms with Crippen LogP contribution < -0.4 is 19.5 Å². The number of carbonyl (C=O) groups is 1. The van der Waals surface area contributed by atoms with Gasteiger partial charge < -0.3 is 14.8 Å². The molecule has 0 aromatic heterocycles. The van der Waals surface area contributed by atoms with Crippen molar-refractivity contribution in [1.82, 2.24) is 10.0 Å². The molecule has 1 aliphatic heterocycles. The van der Waals surface area contributed by atoms with Gasteiger partial charge in [-0.2, -0.15) is 0 Å². The first kappa shape index (κ1) is 20.2. The predicted octanol–water partition coefficient (Wildman–Crippen LogP) is 2.09. The van der Waals surface area contributed by atoms with Crippen LogP contribution in [0, 0.1) is 0 Å². The van der Waals surface area contributed by atoms with Crippen molar-refractivity contribution in [3.8, 4) is 11.5 Å². The lowest BCUT2D eigenvalue weighted by molar-refractivity contribution is 0.0955. The maximum atomic E-state index is 12.2. The van der Waals surface area contributed by atoms with Gasteiger partial charge in [-0.25, -0.2) is 13.1 Å². The van der Waals surface area contributed by atoms with Crippen LogP contribution >= 0.6 is 0 Å². The first-order valence-electron chi connectivity index (χ1n) is 9.15. The maximum Gasteiger partial charge on any atom is 0.251 e. The number of benzene rings is 2. The fourth-order valence-corrected chi connectivity index (χ4v) is 4.11. The molecular formula is C20H24N2O5S. The molecular weight excluding hydrogens is 380 g/mol. The topological polar surface area (TPSA) is 93.7 Å². The van der Waals surface area contributed by atoms with Crippen molar-refractivity contribution in [2.24, 2.45) is 0 Å². The number of rotatable bonds is 9. The van der Waals surface area contributed by atoms with Gasteiger partial charge >= 0.3 is 0 Å². The van der Waals surface area contributed by atoms with E-state index in [4.69, 9.17) is 9.47 Å². The minimum Gasteiger partial charge on any atom is -0.454 e. The van der Waals surface area contributed by atoms with Crippen LogP contribution in [0.1, 0.15) is 29.3 Å². The second kappa shape index (κ2) is 9.07. The maximum absolute atomic E-state index is 12.2. The van der Waals surface area contributed by atoms with E-state index in [1.165, 1.54) is 5.56 Å². The van der Waals surface area contributed by atoms with E-state index in [2.05, 4.69) is 10.0 Å². The Kier molecular flexibility index (Phi) is 6.53. The highest BCUT2D eigenvalue weighted by molar-refractivity contribution is 7.89. The van der Waals surface area contributed by atoms with Gasteiger partial charge in [0.2, 0.25) is 16.8 Å². The summed E-state index contributed by atoms with van der Waals surface area (Å²) >= 11 is 0. The van der Waals surface area contributed by atoms with Crippen molar-refractivity contribution in [3.05, 3.63) is 59.7 Å². The third kappa shape index (κ3) is 5.71. The van der Waals surface area contributed by atoms with E-state index in [1.54, 1.807) is 18.2 Å². The van der Waals surface area contributed by atoms with Crippen molar-refractivity contribution in [3.63, 3.8) is 0 Å². The van der Waals surface area contributed by atoms with Gasteiger partial charge in [-0.05, 0) is 43.5 Å². The Balaban J connectivity index is 1.42. The standard InChI is InChI=1S/C20H24N2O5S/c1-15(7-8-16-5-3-2-4-6-16)22-28(24,25)12-11-21-20(23)17-9-10-18-19(13-17)27-14-26-18/h2-6,9-10,13,15,22H,7-8,11-12,14H2,1H3,(H,21,23)/t15-/m1/s1. The van der Waals surface area contributed by atoms with Crippen LogP contribution in [-0.4, -0.2) is 39.5 Å². The van der Waals surface area contributed by atoms with E-state index in [1.807, 2.05) is 37.3 Å². The lowest BCUT2D eigenvalue weighted by Gasteiger charge is -2.14. The molecule has 150 valence electrons. The van der Waals surface area contributed by atoms with Gasteiger partial charge in [-0.1, -0.05) is 30.3 Å². The number of hydrogen-bond donors (Lipinski definition) is 2. The summed E-state index contributed by atoms with van der Waals surface area (Å²) in [7, 11) is -3.48. The van der Waals surface area contributed by atoms with E-state index in [0.29, 0.717) is 23.5 Å². The number of hydrogen-bond acceptors (Lipinski definition) is 5. The highest BCUT2D eigenvalue weighted by Gasteiger charge is 2.18. The van der Waals surface area contributed by atoms with E-state index < -0.39 is 10.0 Å². The van der Waals surface area contributed by atoms with Crippen molar-refractivity contribution in [2.75, 3.05) is 19.1 Å².